The molecular weight excluding hydrogens is 283 g/mol. The molecule has 0 fully saturated rings. The Bertz CT molecular complexity index is 174. The van der Waals surface area contributed by atoms with Crippen molar-refractivity contribution in [3.63, 3.8) is 0 Å². The average molecular weight is 298 g/mol. The van der Waals surface area contributed by atoms with Gasteiger partial charge in [-0.05, 0) is 6.42 Å². The summed E-state index contributed by atoms with van der Waals surface area (Å²) in [5, 5.41) is 0. The highest BCUT2D eigenvalue weighted by molar-refractivity contribution is 14.1. The zero-order valence-corrected chi connectivity index (χ0v) is 10.9. The van der Waals surface area contributed by atoms with Crippen LogP contribution in [0.25, 0.3) is 0 Å². The molecule has 0 rings (SSSR count). The molecule has 0 aromatic carbocycles. The predicted octanol–water partition coefficient (Wildman–Crippen LogP) is 2.67. The van der Waals surface area contributed by atoms with Gasteiger partial charge in [-0.15, -0.1) is 21.8 Å². The molecule has 0 N–H and O–H groups in total. The van der Waals surface area contributed by atoms with Crippen molar-refractivity contribution < 1.29 is 9.53 Å². The van der Waals surface area contributed by atoms with Crippen LogP contribution in [-0.2, 0) is 9.53 Å². The summed E-state index contributed by atoms with van der Waals surface area (Å²) in [7, 11) is 0. The van der Waals surface area contributed by atoms with E-state index in [2.05, 4.69) is 41.5 Å². The Morgan fingerprint density at radius 1 is 1.75 bits per heavy atom. The van der Waals surface area contributed by atoms with Crippen LogP contribution in [0.1, 0.15) is 13.3 Å². The van der Waals surface area contributed by atoms with Gasteiger partial charge in [0, 0.05) is 6.08 Å². The molecule has 0 radical (unpaired) electrons. The summed E-state index contributed by atoms with van der Waals surface area (Å²) in [6.07, 6.45) is 2.11. The largest absolute Gasteiger partial charge is 0.462 e. The minimum atomic E-state index is -1.39. The van der Waals surface area contributed by atoms with Gasteiger partial charge in [-0.3, -0.25) is 0 Å². The van der Waals surface area contributed by atoms with Crippen molar-refractivity contribution in [2.75, 3.05) is 0 Å². The molecule has 0 aliphatic carbocycles. The van der Waals surface area contributed by atoms with Crippen LogP contribution >= 0.6 is 21.8 Å². The Hall–Kier alpha value is 0.157. The van der Waals surface area contributed by atoms with Crippen molar-refractivity contribution in [1.29, 1.82) is 0 Å². The van der Waals surface area contributed by atoms with Crippen LogP contribution in [0.3, 0.4) is 0 Å². The van der Waals surface area contributed by atoms with Crippen LogP contribution in [0.15, 0.2) is 12.7 Å². The summed E-state index contributed by atoms with van der Waals surface area (Å²) in [6.45, 7) is 9.76. The molecule has 4 heteroatoms. The molecule has 12 heavy (non-hydrogen) atoms. The second-order valence-electron chi connectivity index (χ2n) is 3.10. The Labute approximate surface area is 87.6 Å². The Kier molecular flexibility index (Phi) is 5.08. The van der Waals surface area contributed by atoms with E-state index >= 15 is 0 Å². The second kappa shape index (κ2) is 5.01. The molecule has 70 valence electrons. The number of hydrogen-bond donors (Lipinski definition) is 0. The van der Waals surface area contributed by atoms with E-state index in [9.17, 15) is 4.79 Å². The predicted molar refractivity (Wildman–Crippen MR) is 61.9 cm³/mol. The van der Waals surface area contributed by atoms with E-state index in [-0.39, 0.29) is 11.7 Å². The summed E-state index contributed by atoms with van der Waals surface area (Å²) >= 11 is 2.42. The van der Waals surface area contributed by atoms with Crippen LogP contribution in [-0.4, -0.2) is 17.3 Å². The van der Waals surface area contributed by atoms with Crippen LogP contribution in [0.2, 0.25) is 13.1 Å². The number of carbonyl (C=O) groups is 1. The van der Waals surface area contributed by atoms with Gasteiger partial charge in [0.2, 0.25) is 0 Å². The van der Waals surface area contributed by atoms with E-state index in [4.69, 9.17) is 4.74 Å². The maximum absolute atomic E-state index is 10.9. The lowest BCUT2D eigenvalue weighted by Crippen LogP contribution is -2.38. The fraction of sp³-hybridized carbons (Fsp3) is 0.625. The summed E-state index contributed by atoms with van der Waals surface area (Å²) in [5.41, 5.74) is -1.29. The van der Waals surface area contributed by atoms with Crippen LogP contribution in [0, 0.1) is 0 Å². The zero-order valence-electron chi connectivity index (χ0n) is 7.76. The molecule has 0 spiro atoms. The zero-order chi connectivity index (χ0) is 9.78. The standard InChI is InChI=1S/C8H15IO2Si/c1-5-7(10)11-8(6-2)12(3,4)9/h5,8H,1,6H2,2-4H3. The summed E-state index contributed by atoms with van der Waals surface area (Å²) in [4.78, 5) is 10.9. The third kappa shape index (κ3) is 4.25. The number of rotatable bonds is 4. The van der Waals surface area contributed by atoms with Crippen LogP contribution in [0.5, 0.6) is 0 Å². The van der Waals surface area contributed by atoms with Crippen molar-refractivity contribution in [1.82, 2.24) is 0 Å². The van der Waals surface area contributed by atoms with Gasteiger partial charge < -0.3 is 4.74 Å². The highest BCUT2D eigenvalue weighted by Gasteiger charge is 2.30. The van der Waals surface area contributed by atoms with Gasteiger partial charge in [0.15, 0.2) is 5.57 Å². The van der Waals surface area contributed by atoms with E-state index in [1.165, 1.54) is 6.08 Å². The fourth-order valence-electron chi connectivity index (χ4n) is 0.897. The molecule has 0 aromatic heterocycles. The van der Waals surface area contributed by atoms with Gasteiger partial charge in [0.25, 0.3) is 0 Å². The van der Waals surface area contributed by atoms with Gasteiger partial charge in [-0.1, -0.05) is 26.6 Å². The van der Waals surface area contributed by atoms with Crippen molar-refractivity contribution in [3.8, 4) is 0 Å². The van der Waals surface area contributed by atoms with Gasteiger partial charge >= 0.3 is 5.97 Å². The third-order valence-corrected chi connectivity index (χ3v) is 5.70. The SMILES string of the molecule is C=CC(=O)OC(CC)[Si](C)(C)I. The number of ether oxygens (including phenoxy) is 1. The Morgan fingerprint density at radius 2 is 2.25 bits per heavy atom. The molecule has 1 unspecified atom stereocenters. The lowest BCUT2D eigenvalue weighted by atomic mass is 10.5. The van der Waals surface area contributed by atoms with Crippen molar-refractivity contribution in [2.45, 2.75) is 32.2 Å². The molecule has 0 aliphatic heterocycles. The molecule has 0 aliphatic rings. The monoisotopic (exact) mass is 298 g/mol. The van der Waals surface area contributed by atoms with E-state index < -0.39 is 5.57 Å². The van der Waals surface area contributed by atoms with Gasteiger partial charge in [-0.2, -0.15) is 0 Å². The molecule has 0 saturated heterocycles. The number of esters is 1. The van der Waals surface area contributed by atoms with Crippen LogP contribution in [0.4, 0.5) is 0 Å². The van der Waals surface area contributed by atoms with Gasteiger partial charge in [-0.25, -0.2) is 4.79 Å². The maximum atomic E-state index is 10.9. The molecule has 2 nitrogen and oxygen atoms in total. The van der Waals surface area contributed by atoms with Gasteiger partial charge in [0.05, 0.1) is 0 Å². The quantitative estimate of drug-likeness (QED) is 0.262. The molecule has 0 heterocycles. The Balaban J connectivity index is 4.18. The Morgan fingerprint density at radius 3 is 2.50 bits per heavy atom. The van der Waals surface area contributed by atoms with Crippen LogP contribution < -0.4 is 0 Å². The van der Waals surface area contributed by atoms with E-state index in [1.807, 2.05) is 6.92 Å². The molecule has 0 aromatic rings. The third-order valence-electron chi connectivity index (χ3n) is 1.56. The minimum absolute atomic E-state index is 0.101. The number of halogens is 1. The van der Waals surface area contributed by atoms with Crippen molar-refractivity contribution >= 4 is 33.3 Å². The summed E-state index contributed by atoms with van der Waals surface area (Å²) < 4.78 is 5.21. The normalized spacial score (nSPS) is 13.7. The number of hydrogen-bond acceptors (Lipinski definition) is 2. The minimum Gasteiger partial charge on any atom is -0.462 e. The second-order valence-corrected chi connectivity index (χ2v) is 15.2. The summed E-state index contributed by atoms with van der Waals surface area (Å²) in [5.74, 6) is -0.306. The lowest BCUT2D eigenvalue weighted by Gasteiger charge is -2.24. The molecule has 0 bridgehead atoms. The molecule has 0 amide bonds. The summed E-state index contributed by atoms with van der Waals surface area (Å²) in [6, 6.07) is 0. The van der Waals surface area contributed by atoms with Crippen molar-refractivity contribution in [2.24, 2.45) is 0 Å². The topological polar surface area (TPSA) is 26.3 Å². The first-order chi connectivity index (χ1) is 5.41. The van der Waals surface area contributed by atoms with E-state index in [0.717, 1.165) is 6.42 Å². The smallest absolute Gasteiger partial charge is 0.330 e. The van der Waals surface area contributed by atoms with E-state index in [1.54, 1.807) is 0 Å². The highest BCUT2D eigenvalue weighted by atomic mass is 127. The first-order valence-electron chi connectivity index (χ1n) is 3.93. The highest BCUT2D eigenvalue weighted by Crippen LogP contribution is 2.22. The first kappa shape index (κ1) is 12.2. The maximum Gasteiger partial charge on any atom is 0.330 e. The average Bonchev–Trinajstić information content (AvgIpc) is 1.97. The number of carbonyl (C=O) groups excluding carboxylic acids is 1. The van der Waals surface area contributed by atoms with Gasteiger partial charge in [0.1, 0.15) is 5.73 Å². The lowest BCUT2D eigenvalue weighted by molar-refractivity contribution is -0.139. The molecule has 1 atom stereocenters. The molecular formula is C8H15IO2Si. The fourth-order valence-corrected chi connectivity index (χ4v) is 3.97. The van der Waals surface area contributed by atoms with Crippen molar-refractivity contribution in [3.05, 3.63) is 12.7 Å². The van der Waals surface area contributed by atoms with E-state index in [0.29, 0.717) is 0 Å². The molecule has 0 saturated carbocycles. The first-order valence-corrected chi connectivity index (χ1v) is 10.1.